The van der Waals surface area contributed by atoms with Gasteiger partial charge in [-0.25, -0.2) is 19.3 Å². The number of aryl methyl sites for hydroxylation is 1. The number of nitrogen functional groups attached to an aromatic ring is 1. The molecule has 0 saturated heterocycles. The molecule has 0 unspecified atom stereocenters. The van der Waals surface area contributed by atoms with Gasteiger partial charge in [0.05, 0.1) is 12.7 Å². The van der Waals surface area contributed by atoms with E-state index in [1.807, 2.05) is 41.8 Å². The van der Waals surface area contributed by atoms with Crippen LogP contribution in [0.5, 0.6) is 5.75 Å². The van der Waals surface area contributed by atoms with Crippen molar-refractivity contribution in [2.75, 3.05) is 23.8 Å². The van der Waals surface area contributed by atoms with Crippen molar-refractivity contribution in [1.29, 1.82) is 0 Å². The molecule has 2 N–H and O–H groups in total. The van der Waals surface area contributed by atoms with Gasteiger partial charge < -0.3 is 19.8 Å². The van der Waals surface area contributed by atoms with Gasteiger partial charge in [-0.2, -0.15) is 0 Å². The molecular weight excluding hydrogens is 455 g/mol. The predicted molar refractivity (Wildman–Crippen MR) is 138 cm³/mol. The quantitative estimate of drug-likeness (QED) is 0.398. The number of imidazole rings is 1. The van der Waals surface area contributed by atoms with Crippen molar-refractivity contribution in [1.82, 2.24) is 19.4 Å². The number of fused-ring (bicyclic) bond motifs is 2. The van der Waals surface area contributed by atoms with Crippen LogP contribution >= 0.6 is 0 Å². The number of pyridine rings is 1. The summed E-state index contributed by atoms with van der Waals surface area (Å²) in [5.74, 6) is 2.00. The first kappa shape index (κ1) is 22.0. The standard InChI is InChI=1S/C28H25FN6O/c1-18-24(12-19-2-5-23(29)6-3-19)28(32-17-31-18)35-10-11-36-25-7-4-20(13-22(25)15-35)21-8-9-34-16-26(30)33-27(34)14-21/h2-9,13-14,16-17H,10-12,15,30H2,1H3. The summed E-state index contributed by atoms with van der Waals surface area (Å²) in [6.45, 7) is 3.87. The maximum Gasteiger partial charge on any atom is 0.142 e. The Hall–Kier alpha value is -4.46. The molecule has 3 aromatic heterocycles. The second kappa shape index (κ2) is 8.96. The molecule has 1 aliphatic rings. The highest BCUT2D eigenvalue weighted by Gasteiger charge is 2.21. The fourth-order valence-electron chi connectivity index (χ4n) is 4.71. The van der Waals surface area contributed by atoms with Gasteiger partial charge in [0.15, 0.2) is 0 Å². The molecule has 0 amide bonds. The van der Waals surface area contributed by atoms with Crippen LogP contribution in [0.4, 0.5) is 16.0 Å². The number of benzene rings is 2. The number of rotatable bonds is 4. The number of anilines is 2. The molecule has 8 heteroatoms. The predicted octanol–water partition coefficient (Wildman–Crippen LogP) is 4.81. The van der Waals surface area contributed by atoms with E-state index in [1.54, 1.807) is 12.5 Å². The third kappa shape index (κ3) is 4.22. The number of aromatic nitrogens is 4. The number of nitrogens with zero attached hydrogens (tertiary/aromatic N) is 5. The lowest BCUT2D eigenvalue weighted by atomic mass is 10.0. The highest BCUT2D eigenvalue weighted by atomic mass is 19.1. The van der Waals surface area contributed by atoms with E-state index in [-0.39, 0.29) is 5.82 Å². The van der Waals surface area contributed by atoms with E-state index in [2.05, 4.69) is 38.1 Å². The third-order valence-electron chi connectivity index (χ3n) is 6.58. The molecule has 0 fully saturated rings. The monoisotopic (exact) mass is 480 g/mol. The van der Waals surface area contributed by atoms with Gasteiger partial charge in [0.1, 0.15) is 41.8 Å². The molecule has 7 nitrogen and oxygen atoms in total. The van der Waals surface area contributed by atoms with E-state index in [0.29, 0.717) is 31.9 Å². The van der Waals surface area contributed by atoms with Gasteiger partial charge >= 0.3 is 0 Å². The van der Waals surface area contributed by atoms with E-state index in [9.17, 15) is 4.39 Å². The number of halogens is 1. The Morgan fingerprint density at radius 3 is 2.72 bits per heavy atom. The summed E-state index contributed by atoms with van der Waals surface area (Å²) in [6, 6.07) is 16.9. The number of hydrogen-bond donors (Lipinski definition) is 1. The summed E-state index contributed by atoms with van der Waals surface area (Å²) in [5.41, 5.74) is 12.8. The first-order valence-corrected chi connectivity index (χ1v) is 11.8. The highest BCUT2D eigenvalue weighted by Crippen LogP contribution is 2.32. The molecule has 0 radical (unpaired) electrons. The fourth-order valence-corrected chi connectivity index (χ4v) is 4.71. The SMILES string of the molecule is Cc1ncnc(N2CCOc3ccc(-c4ccn5cc(N)nc5c4)cc3C2)c1Cc1ccc(F)cc1. The maximum absolute atomic E-state index is 13.4. The van der Waals surface area contributed by atoms with Crippen LogP contribution in [0.15, 0.2) is 73.3 Å². The zero-order chi connectivity index (χ0) is 24.6. The van der Waals surface area contributed by atoms with Crippen LogP contribution in [-0.4, -0.2) is 32.5 Å². The van der Waals surface area contributed by atoms with Gasteiger partial charge in [0.2, 0.25) is 0 Å². The molecule has 0 aliphatic carbocycles. The molecule has 5 aromatic rings. The molecule has 0 atom stereocenters. The van der Waals surface area contributed by atoms with E-state index in [1.165, 1.54) is 12.1 Å². The zero-order valence-corrected chi connectivity index (χ0v) is 19.9. The van der Waals surface area contributed by atoms with Crippen LogP contribution < -0.4 is 15.4 Å². The third-order valence-corrected chi connectivity index (χ3v) is 6.58. The van der Waals surface area contributed by atoms with Crippen LogP contribution in [0, 0.1) is 12.7 Å². The van der Waals surface area contributed by atoms with Gasteiger partial charge in [0.25, 0.3) is 0 Å². The molecule has 0 saturated carbocycles. The van der Waals surface area contributed by atoms with Crippen molar-refractivity contribution in [2.24, 2.45) is 0 Å². The van der Waals surface area contributed by atoms with Crippen molar-refractivity contribution in [2.45, 2.75) is 19.9 Å². The van der Waals surface area contributed by atoms with Crippen molar-refractivity contribution in [3.8, 4) is 16.9 Å². The first-order chi connectivity index (χ1) is 17.5. The molecule has 0 spiro atoms. The van der Waals surface area contributed by atoms with Gasteiger partial charge in [-0.05, 0) is 60.0 Å². The average molecular weight is 481 g/mol. The van der Waals surface area contributed by atoms with Crippen LogP contribution in [0.3, 0.4) is 0 Å². The van der Waals surface area contributed by atoms with Crippen molar-refractivity contribution >= 4 is 17.3 Å². The summed E-state index contributed by atoms with van der Waals surface area (Å²) in [5, 5.41) is 0. The fraction of sp³-hybridized carbons (Fsp3) is 0.179. The second-order valence-corrected chi connectivity index (χ2v) is 9.00. The zero-order valence-electron chi connectivity index (χ0n) is 19.9. The Labute approximate surface area is 208 Å². The summed E-state index contributed by atoms with van der Waals surface area (Å²) < 4.78 is 21.5. The van der Waals surface area contributed by atoms with Gasteiger partial charge in [-0.15, -0.1) is 0 Å². The van der Waals surface area contributed by atoms with E-state index in [0.717, 1.165) is 50.7 Å². The number of hydrogen-bond acceptors (Lipinski definition) is 6. The summed E-state index contributed by atoms with van der Waals surface area (Å²) in [4.78, 5) is 15.7. The van der Waals surface area contributed by atoms with E-state index in [4.69, 9.17) is 10.5 Å². The molecule has 6 rings (SSSR count). The lowest BCUT2D eigenvalue weighted by Gasteiger charge is -2.24. The van der Waals surface area contributed by atoms with E-state index >= 15 is 0 Å². The number of ether oxygens (including phenoxy) is 1. The Morgan fingerprint density at radius 2 is 1.86 bits per heavy atom. The Morgan fingerprint density at radius 1 is 1.03 bits per heavy atom. The molecule has 36 heavy (non-hydrogen) atoms. The van der Waals surface area contributed by atoms with Crippen LogP contribution in [0.2, 0.25) is 0 Å². The van der Waals surface area contributed by atoms with E-state index < -0.39 is 0 Å². The second-order valence-electron chi connectivity index (χ2n) is 9.00. The van der Waals surface area contributed by atoms with Gasteiger partial charge in [-0.1, -0.05) is 18.2 Å². The Balaban J connectivity index is 1.34. The minimum atomic E-state index is -0.243. The number of nitrogens with two attached hydrogens (primary N) is 1. The lowest BCUT2D eigenvalue weighted by Crippen LogP contribution is -2.28. The van der Waals surface area contributed by atoms with Crippen molar-refractivity contribution in [3.05, 3.63) is 102 Å². The van der Waals surface area contributed by atoms with Crippen molar-refractivity contribution in [3.63, 3.8) is 0 Å². The summed E-state index contributed by atoms with van der Waals surface area (Å²) in [7, 11) is 0. The minimum absolute atomic E-state index is 0.243. The Bertz CT molecular complexity index is 1560. The van der Waals surface area contributed by atoms with Gasteiger partial charge in [0, 0.05) is 36.0 Å². The molecular formula is C28H25FN6O. The topological polar surface area (TPSA) is 81.6 Å². The van der Waals surface area contributed by atoms with Gasteiger partial charge in [-0.3, -0.25) is 0 Å². The van der Waals surface area contributed by atoms with Crippen LogP contribution in [0.1, 0.15) is 22.4 Å². The largest absolute Gasteiger partial charge is 0.491 e. The summed E-state index contributed by atoms with van der Waals surface area (Å²) >= 11 is 0. The van der Waals surface area contributed by atoms with Crippen LogP contribution in [0.25, 0.3) is 16.8 Å². The first-order valence-electron chi connectivity index (χ1n) is 11.8. The smallest absolute Gasteiger partial charge is 0.142 e. The average Bonchev–Trinajstić information content (AvgIpc) is 3.12. The molecule has 1 aliphatic heterocycles. The molecule has 2 aromatic carbocycles. The maximum atomic E-state index is 13.4. The lowest BCUT2D eigenvalue weighted by molar-refractivity contribution is 0.331. The Kier molecular flexibility index (Phi) is 5.48. The highest BCUT2D eigenvalue weighted by molar-refractivity contribution is 5.70. The normalized spacial score (nSPS) is 13.3. The van der Waals surface area contributed by atoms with Crippen LogP contribution in [-0.2, 0) is 13.0 Å². The minimum Gasteiger partial charge on any atom is -0.491 e. The van der Waals surface area contributed by atoms with Crippen molar-refractivity contribution < 1.29 is 9.13 Å². The summed E-state index contributed by atoms with van der Waals surface area (Å²) in [6.07, 6.45) is 6.00. The molecule has 4 heterocycles. The molecule has 0 bridgehead atoms. The molecule has 180 valence electrons.